The topological polar surface area (TPSA) is 95.0 Å². The quantitative estimate of drug-likeness (QED) is 0.765. The van der Waals surface area contributed by atoms with E-state index in [1.165, 1.54) is 12.3 Å². The number of hydrogen-bond acceptors (Lipinski definition) is 5. The van der Waals surface area contributed by atoms with Gasteiger partial charge in [-0.3, -0.25) is 14.3 Å². The van der Waals surface area contributed by atoms with Crippen molar-refractivity contribution >= 4 is 11.6 Å². The zero-order valence-corrected chi connectivity index (χ0v) is 14.3. The molecule has 0 atom stereocenters. The van der Waals surface area contributed by atoms with E-state index < -0.39 is 0 Å². The first kappa shape index (κ1) is 16.7. The van der Waals surface area contributed by atoms with Crippen LogP contribution in [0.25, 0.3) is 11.5 Å². The van der Waals surface area contributed by atoms with Crippen LogP contribution in [0.4, 0.5) is 5.69 Å². The van der Waals surface area contributed by atoms with Crippen LogP contribution in [0.1, 0.15) is 18.3 Å². The molecule has 0 unspecified atom stereocenters. The molecule has 0 aromatic carbocycles. The maximum atomic E-state index is 12.4. The molecule has 0 radical (unpaired) electrons. The van der Waals surface area contributed by atoms with Crippen molar-refractivity contribution in [1.82, 2.24) is 19.6 Å². The van der Waals surface area contributed by atoms with Gasteiger partial charge in [0.2, 0.25) is 5.91 Å². The Labute approximate surface area is 144 Å². The molecule has 3 aromatic rings. The molecule has 8 heteroatoms. The summed E-state index contributed by atoms with van der Waals surface area (Å²) < 4.78 is 8.20. The Hall–Kier alpha value is -3.16. The average Bonchev–Trinajstić information content (AvgIpc) is 3.21. The molecule has 1 amide bonds. The summed E-state index contributed by atoms with van der Waals surface area (Å²) in [6.45, 7) is 6.23. The van der Waals surface area contributed by atoms with E-state index in [9.17, 15) is 9.59 Å². The number of nitrogens with one attached hydrogen (secondary N) is 1. The van der Waals surface area contributed by atoms with Gasteiger partial charge >= 0.3 is 0 Å². The molecule has 0 fully saturated rings. The van der Waals surface area contributed by atoms with Gasteiger partial charge < -0.3 is 9.73 Å². The van der Waals surface area contributed by atoms with Crippen LogP contribution in [0.2, 0.25) is 0 Å². The highest BCUT2D eigenvalue weighted by molar-refractivity contribution is 5.91. The number of amides is 1. The Morgan fingerprint density at radius 3 is 2.64 bits per heavy atom. The zero-order chi connectivity index (χ0) is 18.0. The number of anilines is 1. The largest absolute Gasteiger partial charge is 0.463 e. The highest BCUT2D eigenvalue weighted by Gasteiger charge is 2.15. The van der Waals surface area contributed by atoms with E-state index in [1.807, 2.05) is 25.5 Å². The fourth-order valence-corrected chi connectivity index (χ4v) is 2.62. The van der Waals surface area contributed by atoms with Gasteiger partial charge in [-0.15, -0.1) is 0 Å². The van der Waals surface area contributed by atoms with Gasteiger partial charge in [-0.05, 0) is 39.0 Å². The SMILES string of the molecule is CCn1nc(C)c(NC(=O)Cn2nc(-c3ccco3)ccc2=O)c1C. The van der Waals surface area contributed by atoms with Gasteiger partial charge in [0, 0.05) is 12.6 Å². The minimum atomic E-state index is -0.358. The van der Waals surface area contributed by atoms with Crippen LogP contribution in [0.15, 0.2) is 39.7 Å². The minimum Gasteiger partial charge on any atom is -0.463 e. The van der Waals surface area contributed by atoms with E-state index >= 15 is 0 Å². The molecule has 0 saturated carbocycles. The van der Waals surface area contributed by atoms with Crippen LogP contribution in [0, 0.1) is 13.8 Å². The van der Waals surface area contributed by atoms with E-state index in [4.69, 9.17) is 4.42 Å². The lowest BCUT2D eigenvalue weighted by Gasteiger charge is -2.08. The lowest BCUT2D eigenvalue weighted by atomic mass is 10.3. The molecule has 0 aliphatic carbocycles. The van der Waals surface area contributed by atoms with Gasteiger partial charge in [-0.1, -0.05) is 0 Å². The van der Waals surface area contributed by atoms with Crippen LogP contribution in [0.5, 0.6) is 0 Å². The van der Waals surface area contributed by atoms with Crippen molar-refractivity contribution in [2.45, 2.75) is 33.9 Å². The Morgan fingerprint density at radius 1 is 1.20 bits per heavy atom. The molecule has 3 rings (SSSR count). The molecule has 3 aromatic heterocycles. The van der Waals surface area contributed by atoms with E-state index in [1.54, 1.807) is 18.2 Å². The van der Waals surface area contributed by atoms with Crippen molar-refractivity contribution in [2.24, 2.45) is 0 Å². The molecule has 1 N–H and O–H groups in total. The fourth-order valence-electron chi connectivity index (χ4n) is 2.62. The number of rotatable bonds is 5. The van der Waals surface area contributed by atoms with Crippen molar-refractivity contribution in [3.63, 3.8) is 0 Å². The summed E-state index contributed by atoms with van der Waals surface area (Å²) >= 11 is 0. The third-order valence-corrected chi connectivity index (χ3v) is 3.88. The summed E-state index contributed by atoms with van der Waals surface area (Å²) in [7, 11) is 0. The van der Waals surface area contributed by atoms with Gasteiger partial charge in [0.15, 0.2) is 5.76 Å². The third kappa shape index (κ3) is 3.37. The summed E-state index contributed by atoms with van der Waals surface area (Å²) in [6, 6.07) is 6.40. The van der Waals surface area contributed by atoms with Gasteiger partial charge in [0.1, 0.15) is 12.2 Å². The minimum absolute atomic E-state index is 0.191. The Balaban J connectivity index is 1.81. The maximum absolute atomic E-state index is 12.4. The molecule has 0 aliphatic heterocycles. The van der Waals surface area contributed by atoms with Gasteiger partial charge in [-0.2, -0.15) is 10.2 Å². The standard InChI is InChI=1S/C17H19N5O3/c1-4-21-12(3)17(11(2)19-21)18-15(23)10-22-16(24)8-7-13(20-22)14-6-5-9-25-14/h5-9H,4,10H2,1-3H3,(H,18,23). The number of nitrogens with zero attached hydrogens (tertiary/aromatic N) is 4. The monoisotopic (exact) mass is 341 g/mol. The lowest BCUT2D eigenvalue weighted by Crippen LogP contribution is -2.29. The Morgan fingerprint density at radius 2 is 2.00 bits per heavy atom. The molecule has 3 heterocycles. The molecule has 0 bridgehead atoms. The second kappa shape index (κ2) is 6.76. The van der Waals surface area contributed by atoms with Gasteiger partial charge in [0.05, 0.1) is 23.3 Å². The Bertz CT molecular complexity index is 953. The average molecular weight is 341 g/mol. The van der Waals surface area contributed by atoms with Crippen molar-refractivity contribution in [1.29, 1.82) is 0 Å². The summed E-state index contributed by atoms with van der Waals surface area (Å²) in [5.41, 5.74) is 2.41. The maximum Gasteiger partial charge on any atom is 0.267 e. The number of furan rings is 1. The number of aromatic nitrogens is 4. The van der Waals surface area contributed by atoms with Gasteiger partial charge in [-0.25, -0.2) is 4.68 Å². The van der Waals surface area contributed by atoms with Crippen molar-refractivity contribution in [3.05, 3.63) is 52.3 Å². The molecular weight excluding hydrogens is 322 g/mol. The molecule has 0 saturated heterocycles. The van der Waals surface area contributed by atoms with E-state index in [-0.39, 0.29) is 18.0 Å². The van der Waals surface area contributed by atoms with Gasteiger partial charge in [0.25, 0.3) is 5.56 Å². The van der Waals surface area contributed by atoms with Crippen LogP contribution in [0.3, 0.4) is 0 Å². The molecule has 8 nitrogen and oxygen atoms in total. The van der Waals surface area contributed by atoms with Crippen molar-refractivity contribution in [2.75, 3.05) is 5.32 Å². The third-order valence-electron chi connectivity index (χ3n) is 3.88. The number of carbonyl (C=O) groups excluding carboxylic acids is 1. The summed E-state index contributed by atoms with van der Waals surface area (Å²) in [4.78, 5) is 24.3. The number of hydrogen-bond donors (Lipinski definition) is 1. The van der Waals surface area contributed by atoms with Crippen LogP contribution in [-0.2, 0) is 17.9 Å². The predicted octanol–water partition coefficient (Wildman–Crippen LogP) is 1.98. The van der Waals surface area contributed by atoms with E-state index in [0.29, 0.717) is 17.1 Å². The first-order chi connectivity index (χ1) is 12.0. The molecular formula is C17H19N5O3. The normalized spacial score (nSPS) is 10.8. The molecule has 0 aliphatic rings. The highest BCUT2D eigenvalue weighted by atomic mass is 16.3. The number of carbonyl (C=O) groups is 1. The second-order valence-corrected chi connectivity index (χ2v) is 5.60. The predicted molar refractivity (Wildman–Crippen MR) is 92.2 cm³/mol. The first-order valence-corrected chi connectivity index (χ1v) is 7.95. The lowest BCUT2D eigenvalue weighted by molar-refractivity contribution is -0.117. The summed E-state index contributed by atoms with van der Waals surface area (Å²) in [5.74, 6) is 0.193. The summed E-state index contributed by atoms with van der Waals surface area (Å²) in [6.07, 6.45) is 1.52. The second-order valence-electron chi connectivity index (χ2n) is 5.60. The molecule has 0 spiro atoms. The summed E-state index contributed by atoms with van der Waals surface area (Å²) in [5, 5.41) is 11.4. The zero-order valence-electron chi connectivity index (χ0n) is 14.3. The molecule has 130 valence electrons. The van der Waals surface area contributed by atoms with Crippen LogP contribution >= 0.6 is 0 Å². The van der Waals surface area contributed by atoms with Crippen molar-refractivity contribution in [3.8, 4) is 11.5 Å². The molecule has 25 heavy (non-hydrogen) atoms. The fraction of sp³-hybridized carbons (Fsp3) is 0.294. The van der Waals surface area contributed by atoms with E-state index in [0.717, 1.165) is 22.6 Å². The highest BCUT2D eigenvalue weighted by Crippen LogP contribution is 2.19. The number of aryl methyl sites for hydroxylation is 2. The van der Waals surface area contributed by atoms with Crippen molar-refractivity contribution < 1.29 is 9.21 Å². The van der Waals surface area contributed by atoms with Crippen LogP contribution < -0.4 is 10.9 Å². The Kier molecular flexibility index (Phi) is 4.51. The first-order valence-electron chi connectivity index (χ1n) is 7.95. The smallest absolute Gasteiger partial charge is 0.267 e. The van der Waals surface area contributed by atoms with Crippen LogP contribution in [-0.4, -0.2) is 25.5 Å². The van der Waals surface area contributed by atoms with E-state index in [2.05, 4.69) is 15.5 Å².